The third kappa shape index (κ3) is 4.03. The highest BCUT2D eigenvalue weighted by Crippen LogP contribution is 2.31. The summed E-state index contributed by atoms with van der Waals surface area (Å²) in [5.41, 5.74) is 1.69. The summed E-state index contributed by atoms with van der Waals surface area (Å²) in [5.74, 6) is 1.97. The second-order valence-corrected chi connectivity index (χ2v) is 6.84. The molecule has 0 fully saturated rings. The molecule has 3 aromatic rings. The SMILES string of the molecule is CCOc1ccc2nc(NC(=O)/C=C/c3ccc4c(c3)OCCO4)sc2c1. The average Bonchev–Trinajstić information content (AvgIpc) is 3.08. The molecule has 0 spiro atoms. The Morgan fingerprint density at radius 3 is 2.93 bits per heavy atom. The van der Waals surface area contributed by atoms with E-state index in [4.69, 9.17) is 14.2 Å². The number of ether oxygens (including phenoxy) is 3. The number of amides is 1. The Morgan fingerprint density at radius 1 is 1.22 bits per heavy atom. The topological polar surface area (TPSA) is 69.7 Å². The first-order valence-corrected chi connectivity index (χ1v) is 9.45. The highest BCUT2D eigenvalue weighted by Gasteiger charge is 2.11. The summed E-state index contributed by atoms with van der Waals surface area (Å²) in [7, 11) is 0. The molecule has 138 valence electrons. The van der Waals surface area contributed by atoms with Crippen LogP contribution in [0, 0.1) is 0 Å². The van der Waals surface area contributed by atoms with Crippen LogP contribution in [-0.2, 0) is 4.79 Å². The highest BCUT2D eigenvalue weighted by atomic mass is 32.1. The van der Waals surface area contributed by atoms with Gasteiger partial charge in [0.2, 0.25) is 5.91 Å². The van der Waals surface area contributed by atoms with Crippen LogP contribution >= 0.6 is 11.3 Å². The number of carbonyl (C=O) groups excluding carboxylic acids is 1. The van der Waals surface area contributed by atoms with Gasteiger partial charge < -0.3 is 14.2 Å². The normalized spacial score (nSPS) is 13.1. The van der Waals surface area contributed by atoms with E-state index in [9.17, 15) is 4.79 Å². The lowest BCUT2D eigenvalue weighted by molar-refractivity contribution is -0.111. The van der Waals surface area contributed by atoms with Crippen LogP contribution in [0.15, 0.2) is 42.5 Å². The lowest BCUT2D eigenvalue weighted by Crippen LogP contribution is -2.15. The summed E-state index contributed by atoms with van der Waals surface area (Å²) in [6.45, 7) is 3.64. The first-order valence-electron chi connectivity index (χ1n) is 8.63. The molecule has 1 N–H and O–H groups in total. The Morgan fingerprint density at radius 2 is 2.07 bits per heavy atom. The number of aromatic nitrogens is 1. The van der Waals surface area contributed by atoms with Gasteiger partial charge in [-0.15, -0.1) is 0 Å². The second kappa shape index (κ2) is 7.67. The van der Waals surface area contributed by atoms with Gasteiger partial charge in [0.1, 0.15) is 19.0 Å². The number of carbonyl (C=O) groups is 1. The molecule has 0 radical (unpaired) electrons. The zero-order chi connectivity index (χ0) is 18.6. The van der Waals surface area contributed by atoms with Crippen molar-refractivity contribution in [3.05, 3.63) is 48.0 Å². The number of thiazole rings is 1. The summed E-state index contributed by atoms with van der Waals surface area (Å²) < 4.78 is 17.5. The maximum atomic E-state index is 12.2. The molecular weight excluding hydrogens is 364 g/mol. The van der Waals surface area contributed by atoms with Gasteiger partial charge in [-0.2, -0.15) is 0 Å². The summed E-state index contributed by atoms with van der Waals surface area (Å²) in [4.78, 5) is 16.6. The van der Waals surface area contributed by atoms with Gasteiger partial charge >= 0.3 is 0 Å². The number of anilines is 1. The lowest BCUT2D eigenvalue weighted by Gasteiger charge is -2.18. The molecule has 0 saturated heterocycles. The van der Waals surface area contributed by atoms with E-state index < -0.39 is 0 Å². The predicted octanol–water partition coefficient (Wildman–Crippen LogP) is 4.12. The van der Waals surface area contributed by atoms with Gasteiger partial charge in [-0.3, -0.25) is 10.1 Å². The summed E-state index contributed by atoms with van der Waals surface area (Å²) in [6.07, 6.45) is 3.21. The molecule has 2 aromatic carbocycles. The van der Waals surface area contributed by atoms with Crippen molar-refractivity contribution in [3.8, 4) is 17.2 Å². The maximum Gasteiger partial charge on any atom is 0.250 e. The van der Waals surface area contributed by atoms with Crippen molar-refractivity contribution in [1.29, 1.82) is 0 Å². The summed E-state index contributed by atoms with van der Waals surface area (Å²) in [6, 6.07) is 11.3. The molecule has 1 aliphatic heterocycles. The van der Waals surface area contributed by atoms with Crippen LogP contribution in [0.2, 0.25) is 0 Å². The molecule has 0 bridgehead atoms. The van der Waals surface area contributed by atoms with Gasteiger partial charge in [0.25, 0.3) is 0 Å². The van der Waals surface area contributed by atoms with E-state index >= 15 is 0 Å². The third-order valence-electron chi connectivity index (χ3n) is 3.89. The average molecular weight is 382 g/mol. The quantitative estimate of drug-likeness (QED) is 0.672. The van der Waals surface area contributed by atoms with E-state index in [0.717, 1.165) is 27.3 Å². The van der Waals surface area contributed by atoms with Gasteiger partial charge in [0, 0.05) is 6.08 Å². The monoisotopic (exact) mass is 382 g/mol. The maximum absolute atomic E-state index is 12.2. The van der Waals surface area contributed by atoms with E-state index in [1.807, 2.05) is 43.3 Å². The summed E-state index contributed by atoms with van der Waals surface area (Å²) >= 11 is 1.41. The van der Waals surface area contributed by atoms with E-state index in [2.05, 4.69) is 10.3 Å². The molecule has 4 rings (SSSR count). The van der Waals surface area contributed by atoms with Crippen molar-refractivity contribution in [1.82, 2.24) is 4.98 Å². The Labute approximate surface area is 160 Å². The van der Waals surface area contributed by atoms with Crippen LogP contribution in [-0.4, -0.2) is 30.7 Å². The largest absolute Gasteiger partial charge is 0.494 e. The fourth-order valence-electron chi connectivity index (χ4n) is 2.70. The minimum absolute atomic E-state index is 0.242. The van der Waals surface area contributed by atoms with Crippen LogP contribution in [0.25, 0.3) is 16.3 Å². The van der Waals surface area contributed by atoms with Gasteiger partial charge in [-0.1, -0.05) is 17.4 Å². The van der Waals surface area contributed by atoms with Gasteiger partial charge in [-0.25, -0.2) is 4.98 Å². The molecule has 1 aliphatic rings. The fourth-order valence-corrected chi connectivity index (χ4v) is 3.59. The number of fused-ring (bicyclic) bond motifs is 2. The number of hydrogen-bond donors (Lipinski definition) is 1. The molecule has 0 aliphatic carbocycles. The van der Waals surface area contributed by atoms with Crippen LogP contribution < -0.4 is 19.5 Å². The fraction of sp³-hybridized carbons (Fsp3) is 0.200. The van der Waals surface area contributed by atoms with Crippen molar-refractivity contribution in [2.24, 2.45) is 0 Å². The van der Waals surface area contributed by atoms with Crippen molar-refractivity contribution >= 4 is 38.7 Å². The molecule has 2 heterocycles. The molecule has 7 heteroatoms. The third-order valence-corrected chi connectivity index (χ3v) is 4.83. The van der Waals surface area contributed by atoms with Crippen LogP contribution in [0.4, 0.5) is 5.13 Å². The number of rotatable bonds is 5. The second-order valence-electron chi connectivity index (χ2n) is 5.81. The van der Waals surface area contributed by atoms with Gasteiger partial charge in [0.05, 0.1) is 16.8 Å². The Balaban J connectivity index is 1.44. The number of hydrogen-bond acceptors (Lipinski definition) is 6. The van der Waals surface area contributed by atoms with Crippen LogP contribution in [0.3, 0.4) is 0 Å². The molecule has 6 nitrogen and oxygen atoms in total. The first kappa shape index (κ1) is 17.4. The minimum atomic E-state index is -0.242. The molecule has 27 heavy (non-hydrogen) atoms. The highest BCUT2D eigenvalue weighted by molar-refractivity contribution is 7.22. The van der Waals surface area contributed by atoms with E-state index in [-0.39, 0.29) is 5.91 Å². The zero-order valence-corrected chi connectivity index (χ0v) is 15.5. The van der Waals surface area contributed by atoms with E-state index in [1.165, 1.54) is 17.4 Å². The Hall–Kier alpha value is -3.06. The van der Waals surface area contributed by atoms with Gasteiger partial charge in [0.15, 0.2) is 16.6 Å². The molecular formula is C20H18N2O4S. The smallest absolute Gasteiger partial charge is 0.250 e. The molecule has 0 unspecified atom stereocenters. The summed E-state index contributed by atoms with van der Waals surface area (Å²) in [5, 5.41) is 3.35. The number of nitrogens with one attached hydrogen (secondary N) is 1. The zero-order valence-electron chi connectivity index (χ0n) is 14.7. The van der Waals surface area contributed by atoms with Crippen molar-refractivity contribution < 1.29 is 19.0 Å². The van der Waals surface area contributed by atoms with Crippen molar-refractivity contribution in [2.45, 2.75) is 6.92 Å². The molecule has 0 saturated carbocycles. The molecule has 0 atom stereocenters. The molecule has 1 amide bonds. The first-order chi connectivity index (χ1) is 13.2. The molecule has 1 aromatic heterocycles. The van der Waals surface area contributed by atoms with Gasteiger partial charge in [-0.05, 0) is 48.9 Å². The Kier molecular flexibility index (Phi) is 4.93. The Bertz CT molecular complexity index is 1010. The van der Waals surface area contributed by atoms with Crippen LogP contribution in [0.1, 0.15) is 12.5 Å². The number of nitrogens with zero attached hydrogens (tertiary/aromatic N) is 1. The van der Waals surface area contributed by atoms with Crippen LogP contribution in [0.5, 0.6) is 17.2 Å². The van der Waals surface area contributed by atoms with Crippen molar-refractivity contribution in [3.63, 3.8) is 0 Å². The minimum Gasteiger partial charge on any atom is -0.494 e. The predicted molar refractivity (Wildman–Crippen MR) is 106 cm³/mol. The lowest BCUT2D eigenvalue weighted by atomic mass is 10.2. The standard InChI is InChI=1S/C20H18N2O4S/c1-2-24-14-5-6-15-18(12-14)27-20(21-15)22-19(23)8-4-13-3-7-16-17(11-13)26-10-9-25-16/h3-8,11-12H,2,9-10H2,1H3,(H,21,22,23)/b8-4+. The van der Waals surface area contributed by atoms with E-state index in [1.54, 1.807) is 6.08 Å². The number of benzene rings is 2. The van der Waals surface area contributed by atoms with Crippen molar-refractivity contribution in [2.75, 3.05) is 25.1 Å². The van der Waals surface area contributed by atoms with E-state index in [0.29, 0.717) is 30.7 Å².